The predicted octanol–water partition coefficient (Wildman–Crippen LogP) is 3.60. The smallest absolute Gasteiger partial charge is 0.431 e. The molecule has 130 valence electrons. The van der Waals surface area contributed by atoms with E-state index >= 15 is 0 Å². The maximum atomic E-state index is 14.3. The highest BCUT2D eigenvalue weighted by atomic mass is 35.5. The van der Waals surface area contributed by atoms with Gasteiger partial charge in [-0.2, -0.15) is 13.2 Å². The van der Waals surface area contributed by atoms with Crippen LogP contribution in [0.2, 0.25) is 5.15 Å². The molecular formula is C15H8ClF4N3O2. The van der Waals surface area contributed by atoms with E-state index in [9.17, 15) is 22.4 Å². The van der Waals surface area contributed by atoms with Gasteiger partial charge in [-0.05, 0) is 18.2 Å². The molecule has 10 heteroatoms. The van der Waals surface area contributed by atoms with Crippen LogP contribution in [0.15, 0.2) is 35.4 Å². The lowest BCUT2D eigenvalue weighted by Crippen LogP contribution is -2.28. The number of alkyl halides is 3. The number of hydrogen-bond donors (Lipinski definition) is 0. The number of halogens is 5. The van der Waals surface area contributed by atoms with Gasteiger partial charge in [0, 0.05) is 5.39 Å². The summed E-state index contributed by atoms with van der Waals surface area (Å²) in [5.74, 6) is -1.31. The minimum absolute atomic E-state index is 0.180. The summed E-state index contributed by atoms with van der Waals surface area (Å²) in [4.78, 5) is 19.9. The Morgan fingerprint density at radius 3 is 2.60 bits per heavy atom. The average Bonchev–Trinajstić information content (AvgIpc) is 2.55. The molecule has 0 unspecified atom stereocenters. The van der Waals surface area contributed by atoms with E-state index in [1.807, 2.05) is 0 Å². The Labute approximate surface area is 142 Å². The maximum Gasteiger partial charge on any atom is 0.431 e. The van der Waals surface area contributed by atoms with Crippen molar-refractivity contribution < 1.29 is 22.3 Å². The van der Waals surface area contributed by atoms with E-state index < -0.39 is 28.9 Å². The van der Waals surface area contributed by atoms with Gasteiger partial charge in [0.05, 0.1) is 7.11 Å². The first kappa shape index (κ1) is 17.2. The maximum absolute atomic E-state index is 14.3. The highest BCUT2D eigenvalue weighted by Gasteiger charge is 2.37. The normalized spacial score (nSPS) is 11.8. The molecular weight excluding hydrogens is 366 g/mol. The van der Waals surface area contributed by atoms with Crippen molar-refractivity contribution in [3.8, 4) is 11.4 Å². The summed E-state index contributed by atoms with van der Waals surface area (Å²) in [5, 5.41) is -0.603. The van der Waals surface area contributed by atoms with E-state index in [4.69, 9.17) is 16.3 Å². The molecule has 0 aliphatic heterocycles. The second-order valence-corrected chi connectivity index (χ2v) is 5.24. The number of methoxy groups -OCH3 is 1. The van der Waals surface area contributed by atoms with Crippen molar-refractivity contribution >= 4 is 22.5 Å². The molecule has 0 fully saturated rings. The van der Waals surface area contributed by atoms with Crippen molar-refractivity contribution in [1.29, 1.82) is 0 Å². The van der Waals surface area contributed by atoms with Crippen molar-refractivity contribution in [3.63, 3.8) is 0 Å². The van der Waals surface area contributed by atoms with Crippen molar-refractivity contribution in [3.05, 3.63) is 57.6 Å². The molecule has 0 spiro atoms. The van der Waals surface area contributed by atoms with Crippen LogP contribution in [0.3, 0.4) is 0 Å². The van der Waals surface area contributed by atoms with Gasteiger partial charge in [-0.25, -0.2) is 14.4 Å². The zero-order chi connectivity index (χ0) is 18.4. The van der Waals surface area contributed by atoms with Crippen LogP contribution in [0, 0.1) is 5.82 Å². The van der Waals surface area contributed by atoms with Gasteiger partial charge in [0.15, 0.2) is 5.82 Å². The first-order chi connectivity index (χ1) is 11.8. The molecule has 3 aromatic rings. The number of ether oxygens (including phenoxy) is 1. The molecule has 0 radical (unpaired) electrons. The molecule has 5 nitrogen and oxygen atoms in total. The Hall–Kier alpha value is -2.68. The molecule has 2 aromatic heterocycles. The van der Waals surface area contributed by atoms with Gasteiger partial charge in [0.2, 0.25) is 0 Å². The van der Waals surface area contributed by atoms with E-state index in [-0.39, 0.29) is 26.4 Å². The summed E-state index contributed by atoms with van der Waals surface area (Å²) < 4.78 is 60.0. The van der Waals surface area contributed by atoms with Crippen molar-refractivity contribution in [2.24, 2.45) is 0 Å². The van der Waals surface area contributed by atoms with E-state index in [1.165, 1.54) is 12.1 Å². The van der Waals surface area contributed by atoms with Crippen LogP contribution >= 0.6 is 11.6 Å². The lowest BCUT2D eigenvalue weighted by atomic mass is 10.2. The first-order valence-electron chi connectivity index (χ1n) is 6.72. The summed E-state index contributed by atoms with van der Waals surface area (Å²) in [6.07, 6.45) is -4.04. The van der Waals surface area contributed by atoms with E-state index in [1.54, 1.807) is 0 Å². The van der Waals surface area contributed by atoms with E-state index in [2.05, 4.69) is 9.97 Å². The van der Waals surface area contributed by atoms with Crippen LogP contribution in [-0.2, 0) is 6.18 Å². The number of fused-ring (bicyclic) bond motifs is 1. The predicted molar refractivity (Wildman–Crippen MR) is 81.7 cm³/mol. The standard InChI is InChI=1S/C15H8ClF4N3O2/c1-25-9-4-2-3-8(17)12(9)23-10(15(18,19)20)5-7-11(14(23)24)21-6-22-13(7)16/h2-6H,1H3. The number of rotatable bonds is 2. The lowest BCUT2D eigenvalue weighted by Gasteiger charge is -2.18. The van der Waals surface area contributed by atoms with Gasteiger partial charge in [-0.3, -0.25) is 9.36 Å². The van der Waals surface area contributed by atoms with Crippen LogP contribution in [0.4, 0.5) is 17.6 Å². The van der Waals surface area contributed by atoms with Crippen LogP contribution < -0.4 is 10.3 Å². The zero-order valence-corrected chi connectivity index (χ0v) is 13.2. The van der Waals surface area contributed by atoms with Gasteiger partial charge in [-0.1, -0.05) is 17.7 Å². The highest BCUT2D eigenvalue weighted by molar-refractivity contribution is 6.34. The van der Waals surface area contributed by atoms with Gasteiger partial charge in [-0.15, -0.1) is 0 Å². The van der Waals surface area contributed by atoms with E-state index in [0.29, 0.717) is 6.07 Å². The third-order valence-electron chi connectivity index (χ3n) is 3.45. The fraction of sp³-hybridized carbons (Fsp3) is 0.133. The molecule has 0 amide bonds. The fourth-order valence-electron chi connectivity index (χ4n) is 2.40. The van der Waals surface area contributed by atoms with Crippen molar-refractivity contribution in [1.82, 2.24) is 14.5 Å². The zero-order valence-electron chi connectivity index (χ0n) is 12.4. The molecule has 0 N–H and O–H groups in total. The molecule has 0 atom stereocenters. The quantitative estimate of drug-likeness (QED) is 0.509. The first-order valence-corrected chi connectivity index (χ1v) is 7.10. The molecule has 25 heavy (non-hydrogen) atoms. The Bertz CT molecular complexity index is 1030. The minimum Gasteiger partial charge on any atom is -0.494 e. The summed E-state index contributed by atoms with van der Waals surface area (Å²) in [7, 11) is 1.15. The Morgan fingerprint density at radius 2 is 1.96 bits per heavy atom. The third kappa shape index (κ3) is 2.80. The molecule has 0 aliphatic carbocycles. The second-order valence-electron chi connectivity index (χ2n) is 4.89. The van der Waals surface area contributed by atoms with Crippen molar-refractivity contribution in [2.75, 3.05) is 7.11 Å². The highest BCUT2D eigenvalue weighted by Crippen LogP contribution is 2.35. The fourth-order valence-corrected chi connectivity index (χ4v) is 2.58. The molecule has 0 saturated heterocycles. The van der Waals surface area contributed by atoms with Crippen LogP contribution in [0.1, 0.15) is 5.69 Å². The molecule has 0 bridgehead atoms. The minimum atomic E-state index is -4.97. The summed E-state index contributed by atoms with van der Waals surface area (Å²) in [5.41, 5.74) is -3.67. The number of para-hydroxylation sites is 1. The lowest BCUT2D eigenvalue weighted by molar-refractivity contribution is -0.142. The summed E-state index contributed by atoms with van der Waals surface area (Å²) in [6, 6.07) is 4.00. The largest absolute Gasteiger partial charge is 0.494 e. The number of aromatic nitrogens is 3. The average molecular weight is 374 g/mol. The van der Waals surface area contributed by atoms with E-state index in [0.717, 1.165) is 19.5 Å². The molecule has 1 aromatic carbocycles. The van der Waals surface area contributed by atoms with Gasteiger partial charge >= 0.3 is 6.18 Å². The topological polar surface area (TPSA) is 57.0 Å². The SMILES string of the molecule is COc1cccc(F)c1-n1c(C(F)(F)F)cc2c(Cl)ncnc2c1=O. The Kier molecular flexibility index (Phi) is 4.11. The molecule has 3 rings (SSSR count). The third-order valence-corrected chi connectivity index (χ3v) is 3.75. The number of benzene rings is 1. The summed E-state index contributed by atoms with van der Waals surface area (Å²) >= 11 is 5.77. The van der Waals surface area contributed by atoms with Crippen LogP contribution in [-0.4, -0.2) is 21.6 Å². The number of hydrogen-bond acceptors (Lipinski definition) is 4. The van der Waals surface area contributed by atoms with Gasteiger partial charge in [0.1, 0.15) is 34.1 Å². The van der Waals surface area contributed by atoms with Crippen LogP contribution in [0.25, 0.3) is 16.6 Å². The number of pyridine rings is 1. The molecule has 2 heterocycles. The van der Waals surface area contributed by atoms with Gasteiger partial charge in [0.25, 0.3) is 5.56 Å². The van der Waals surface area contributed by atoms with Crippen molar-refractivity contribution in [2.45, 2.75) is 6.18 Å². The Balaban J connectivity index is 2.55. The second kappa shape index (κ2) is 5.99. The van der Waals surface area contributed by atoms with Gasteiger partial charge < -0.3 is 4.74 Å². The summed E-state index contributed by atoms with van der Waals surface area (Å²) in [6.45, 7) is 0. The number of nitrogens with zero attached hydrogens (tertiary/aromatic N) is 3. The molecule has 0 saturated carbocycles. The monoisotopic (exact) mass is 373 g/mol. The van der Waals surface area contributed by atoms with Crippen LogP contribution in [0.5, 0.6) is 5.75 Å². The Morgan fingerprint density at radius 1 is 1.24 bits per heavy atom. The molecule has 0 aliphatic rings.